The Kier molecular flexibility index (Phi) is 2.16. The van der Waals surface area contributed by atoms with Gasteiger partial charge in [0.05, 0.1) is 5.56 Å². The molecule has 1 nitrogen and oxygen atoms in total. The second-order valence-electron chi connectivity index (χ2n) is 1.93. The van der Waals surface area contributed by atoms with Crippen molar-refractivity contribution in [1.29, 1.82) is 0 Å². The predicted molar refractivity (Wildman–Crippen MR) is 43.7 cm³/mol. The van der Waals surface area contributed by atoms with Gasteiger partial charge in [-0.15, -0.1) is 6.42 Å². The maximum atomic E-state index is 12.7. The summed E-state index contributed by atoms with van der Waals surface area (Å²) in [6.45, 7) is 0. The number of phenolic OH excluding ortho intramolecular Hbond substituents is 1. The van der Waals surface area contributed by atoms with Crippen molar-refractivity contribution in [3.8, 4) is 18.1 Å². The highest BCUT2D eigenvalue weighted by Gasteiger charge is 2.05. The van der Waals surface area contributed by atoms with Crippen molar-refractivity contribution in [3.63, 3.8) is 0 Å². The van der Waals surface area contributed by atoms with Crippen LogP contribution in [-0.4, -0.2) is 5.11 Å². The quantitative estimate of drug-likeness (QED) is 0.658. The van der Waals surface area contributed by atoms with Gasteiger partial charge in [-0.2, -0.15) is 0 Å². The highest BCUT2D eigenvalue weighted by molar-refractivity contribution is 9.10. The van der Waals surface area contributed by atoms with Crippen LogP contribution < -0.4 is 0 Å². The average Bonchev–Trinajstić information content (AvgIpc) is 1.96. The van der Waals surface area contributed by atoms with Crippen LogP contribution in [0.15, 0.2) is 16.6 Å². The minimum absolute atomic E-state index is 0.150. The predicted octanol–water partition coefficient (Wildman–Crippen LogP) is 2.28. The first kappa shape index (κ1) is 8.09. The molecule has 1 aromatic carbocycles. The van der Waals surface area contributed by atoms with Gasteiger partial charge in [-0.25, -0.2) is 4.39 Å². The molecule has 0 amide bonds. The summed E-state index contributed by atoms with van der Waals surface area (Å²) in [5.41, 5.74) is 0.150. The summed E-state index contributed by atoms with van der Waals surface area (Å²) in [5, 5.41) is 8.98. The molecule has 0 spiro atoms. The van der Waals surface area contributed by atoms with E-state index < -0.39 is 11.6 Å². The van der Waals surface area contributed by atoms with Gasteiger partial charge in [-0.3, -0.25) is 0 Å². The minimum atomic E-state index is -0.715. The topological polar surface area (TPSA) is 20.2 Å². The maximum absolute atomic E-state index is 12.7. The maximum Gasteiger partial charge on any atom is 0.167 e. The molecule has 0 aliphatic rings. The van der Waals surface area contributed by atoms with Gasteiger partial charge in [0.1, 0.15) is 0 Å². The molecule has 1 rings (SSSR count). The Hall–Kier alpha value is -1.01. The highest BCUT2D eigenvalue weighted by Crippen LogP contribution is 2.24. The number of benzene rings is 1. The fraction of sp³-hybridized carbons (Fsp3) is 0. The molecule has 0 aliphatic heterocycles. The smallest absolute Gasteiger partial charge is 0.167 e. The van der Waals surface area contributed by atoms with E-state index in [1.807, 2.05) is 0 Å². The lowest BCUT2D eigenvalue weighted by Gasteiger charge is -1.98. The molecular weight excluding hydrogens is 211 g/mol. The number of hydrogen-bond donors (Lipinski definition) is 1. The normalized spacial score (nSPS) is 9.18. The number of halogens is 2. The van der Waals surface area contributed by atoms with E-state index in [2.05, 4.69) is 21.9 Å². The number of aromatic hydroxyl groups is 1. The third-order valence-electron chi connectivity index (χ3n) is 1.18. The molecule has 11 heavy (non-hydrogen) atoms. The summed E-state index contributed by atoms with van der Waals surface area (Å²) < 4.78 is 13.2. The van der Waals surface area contributed by atoms with Gasteiger partial charge in [-0.05, 0) is 12.1 Å². The van der Waals surface area contributed by atoms with Gasteiger partial charge >= 0.3 is 0 Å². The van der Waals surface area contributed by atoms with Crippen molar-refractivity contribution in [2.75, 3.05) is 0 Å². The molecule has 0 aromatic heterocycles. The summed E-state index contributed by atoms with van der Waals surface area (Å²) >= 11 is 3.04. The van der Waals surface area contributed by atoms with E-state index in [-0.39, 0.29) is 5.56 Å². The summed E-state index contributed by atoms with van der Waals surface area (Å²) in [5.74, 6) is 0.965. The van der Waals surface area contributed by atoms with Crippen LogP contribution in [0.4, 0.5) is 4.39 Å². The molecule has 0 unspecified atom stereocenters. The van der Waals surface area contributed by atoms with Crippen LogP contribution in [0.3, 0.4) is 0 Å². The second-order valence-corrected chi connectivity index (χ2v) is 2.84. The molecule has 0 bridgehead atoms. The summed E-state index contributed by atoms with van der Waals surface area (Å²) in [7, 11) is 0. The lowest BCUT2D eigenvalue weighted by molar-refractivity contribution is 0.430. The Morgan fingerprint density at radius 1 is 1.55 bits per heavy atom. The zero-order chi connectivity index (χ0) is 8.43. The van der Waals surface area contributed by atoms with Crippen molar-refractivity contribution in [2.45, 2.75) is 0 Å². The first-order valence-electron chi connectivity index (χ1n) is 2.79. The van der Waals surface area contributed by atoms with Crippen LogP contribution in [0.5, 0.6) is 5.75 Å². The lowest BCUT2D eigenvalue weighted by atomic mass is 10.2. The largest absolute Gasteiger partial charge is 0.504 e. The first-order valence-corrected chi connectivity index (χ1v) is 3.59. The minimum Gasteiger partial charge on any atom is -0.504 e. The van der Waals surface area contributed by atoms with Crippen molar-refractivity contribution in [3.05, 3.63) is 28.0 Å². The van der Waals surface area contributed by atoms with E-state index in [0.29, 0.717) is 4.47 Å². The van der Waals surface area contributed by atoms with Gasteiger partial charge in [0, 0.05) is 4.47 Å². The van der Waals surface area contributed by atoms with Crippen molar-refractivity contribution < 1.29 is 9.50 Å². The van der Waals surface area contributed by atoms with Gasteiger partial charge in [-0.1, -0.05) is 21.9 Å². The zero-order valence-electron chi connectivity index (χ0n) is 5.44. The molecule has 1 N–H and O–H groups in total. The molecule has 0 saturated heterocycles. The summed E-state index contributed by atoms with van der Waals surface area (Å²) in [4.78, 5) is 0. The molecule has 0 fully saturated rings. The fourth-order valence-electron chi connectivity index (χ4n) is 0.676. The van der Waals surface area contributed by atoms with E-state index >= 15 is 0 Å². The highest BCUT2D eigenvalue weighted by atomic mass is 79.9. The number of phenols is 1. The van der Waals surface area contributed by atoms with Crippen LogP contribution in [0.25, 0.3) is 0 Å². The summed E-state index contributed by atoms with van der Waals surface area (Å²) in [6, 6.07) is 2.62. The molecule has 0 heterocycles. The van der Waals surface area contributed by atoms with Crippen LogP contribution >= 0.6 is 15.9 Å². The monoisotopic (exact) mass is 214 g/mol. The Bertz CT molecular complexity index is 328. The van der Waals surface area contributed by atoms with Gasteiger partial charge in [0.2, 0.25) is 0 Å². The third-order valence-corrected chi connectivity index (χ3v) is 1.64. The first-order chi connectivity index (χ1) is 5.15. The third kappa shape index (κ3) is 1.52. The fourth-order valence-corrected chi connectivity index (χ4v) is 1.11. The van der Waals surface area contributed by atoms with Crippen LogP contribution in [0.2, 0.25) is 0 Å². The Morgan fingerprint density at radius 3 is 2.73 bits per heavy atom. The van der Waals surface area contributed by atoms with Crippen molar-refractivity contribution in [2.24, 2.45) is 0 Å². The van der Waals surface area contributed by atoms with Gasteiger partial charge in [0.25, 0.3) is 0 Å². The number of rotatable bonds is 0. The van der Waals surface area contributed by atoms with Gasteiger partial charge < -0.3 is 5.11 Å². The van der Waals surface area contributed by atoms with Crippen molar-refractivity contribution >= 4 is 15.9 Å². The Morgan fingerprint density at radius 2 is 2.18 bits per heavy atom. The molecule has 0 saturated carbocycles. The number of terminal acetylenes is 1. The SMILES string of the molecule is C#Cc1cc(Br)cc(F)c1O. The zero-order valence-corrected chi connectivity index (χ0v) is 7.02. The standard InChI is InChI=1S/C8H4BrFO/c1-2-5-3-6(9)4-7(10)8(5)11/h1,3-4,11H. The molecule has 0 atom stereocenters. The Balaban J connectivity index is 3.39. The molecule has 56 valence electrons. The summed E-state index contributed by atoms with van der Waals surface area (Å²) in [6.07, 6.45) is 4.99. The van der Waals surface area contributed by atoms with Gasteiger partial charge in [0.15, 0.2) is 11.6 Å². The second kappa shape index (κ2) is 2.93. The van der Waals surface area contributed by atoms with E-state index in [0.717, 1.165) is 6.07 Å². The van der Waals surface area contributed by atoms with Crippen LogP contribution in [0, 0.1) is 18.2 Å². The van der Waals surface area contributed by atoms with Crippen molar-refractivity contribution in [1.82, 2.24) is 0 Å². The molecule has 0 radical (unpaired) electrons. The average molecular weight is 215 g/mol. The Labute approximate surface area is 72.0 Å². The number of hydrogen-bond acceptors (Lipinski definition) is 1. The van der Waals surface area contributed by atoms with E-state index in [4.69, 9.17) is 11.5 Å². The van der Waals surface area contributed by atoms with E-state index in [9.17, 15) is 4.39 Å². The molecule has 1 aromatic rings. The molecule has 0 aliphatic carbocycles. The van der Waals surface area contributed by atoms with Crippen LogP contribution in [0.1, 0.15) is 5.56 Å². The molecular formula is C8H4BrFO. The van der Waals surface area contributed by atoms with E-state index in [1.165, 1.54) is 6.07 Å². The van der Waals surface area contributed by atoms with E-state index in [1.54, 1.807) is 0 Å². The molecule has 3 heteroatoms. The lowest BCUT2D eigenvalue weighted by Crippen LogP contribution is -1.82. The van der Waals surface area contributed by atoms with Crippen LogP contribution in [-0.2, 0) is 0 Å².